The summed E-state index contributed by atoms with van der Waals surface area (Å²) in [7, 11) is 0. The molecular formula is C17H21N2O3PS2. The lowest BCUT2D eigenvalue weighted by molar-refractivity contribution is -0.148. The number of carbonyl (C=O) groups excluding carboxylic acids is 1. The molecule has 2 atom stereocenters. The van der Waals surface area contributed by atoms with Crippen LogP contribution in [0, 0.1) is 0 Å². The standard InChI is InChI=1S/C17H21N2O3PS2/c1-13(2)21-17(20)14(3)19-23(24,22-15-9-5-4-6-10-15)25-16-11-7-8-12-18-16/h4-14H,1-3H3,(H,19,24)/t14-,23-/m0/s1. The van der Waals surface area contributed by atoms with Gasteiger partial charge < -0.3 is 9.26 Å². The number of nitrogens with one attached hydrogen (secondary N) is 1. The second-order valence-corrected chi connectivity index (χ2v) is 11.9. The third kappa shape index (κ3) is 6.78. The van der Waals surface area contributed by atoms with Gasteiger partial charge in [0.15, 0.2) is 0 Å². The summed E-state index contributed by atoms with van der Waals surface area (Å²) in [6.45, 7) is 5.34. The molecule has 0 aliphatic rings. The van der Waals surface area contributed by atoms with E-state index >= 15 is 0 Å². The number of rotatable bonds is 8. The van der Waals surface area contributed by atoms with Crippen LogP contribution in [0.25, 0.3) is 0 Å². The third-order valence-electron chi connectivity index (χ3n) is 2.88. The lowest BCUT2D eigenvalue weighted by Gasteiger charge is -2.26. The van der Waals surface area contributed by atoms with Crippen molar-refractivity contribution in [3.63, 3.8) is 0 Å². The van der Waals surface area contributed by atoms with Crippen molar-refractivity contribution < 1.29 is 14.1 Å². The van der Waals surface area contributed by atoms with Gasteiger partial charge in [0, 0.05) is 6.20 Å². The normalized spacial score (nSPS) is 14.6. The molecule has 0 saturated heterocycles. The molecule has 25 heavy (non-hydrogen) atoms. The summed E-state index contributed by atoms with van der Waals surface area (Å²) >= 11 is 7.09. The number of ether oxygens (including phenoxy) is 1. The predicted molar refractivity (Wildman–Crippen MR) is 105 cm³/mol. The Hall–Kier alpha value is -1.40. The molecule has 0 bridgehead atoms. The fourth-order valence-corrected chi connectivity index (χ4v) is 6.94. The van der Waals surface area contributed by atoms with E-state index in [2.05, 4.69) is 10.1 Å². The van der Waals surface area contributed by atoms with Crippen LogP contribution in [0.15, 0.2) is 59.8 Å². The van der Waals surface area contributed by atoms with Crippen molar-refractivity contribution in [3.05, 3.63) is 54.7 Å². The van der Waals surface area contributed by atoms with Crippen molar-refractivity contribution >= 4 is 34.8 Å². The van der Waals surface area contributed by atoms with E-state index in [0.717, 1.165) is 5.03 Å². The molecule has 1 aromatic carbocycles. The summed E-state index contributed by atoms with van der Waals surface area (Å²) in [5, 5.41) is 3.88. The third-order valence-corrected chi connectivity index (χ3v) is 7.73. The Morgan fingerprint density at radius 1 is 1.16 bits per heavy atom. The Balaban J connectivity index is 2.19. The summed E-state index contributed by atoms with van der Waals surface area (Å²) in [5.74, 6) is 0.286. The monoisotopic (exact) mass is 396 g/mol. The molecule has 134 valence electrons. The van der Waals surface area contributed by atoms with E-state index in [9.17, 15) is 4.79 Å². The molecule has 1 aromatic heterocycles. The highest BCUT2D eigenvalue weighted by Gasteiger charge is 2.28. The predicted octanol–water partition coefficient (Wildman–Crippen LogP) is 4.41. The van der Waals surface area contributed by atoms with Gasteiger partial charge in [0.1, 0.15) is 16.8 Å². The van der Waals surface area contributed by atoms with Crippen molar-refractivity contribution in [1.82, 2.24) is 10.1 Å². The van der Waals surface area contributed by atoms with Gasteiger partial charge in [0.25, 0.3) is 0 Å². The zero-order valence-corrected chi connectivity index (χ0v) is 16.8. The van der Waals surface area contributed by atoms with E-state index in [1.54, 1.807) is 13.1 Å². The van der Waals surface area contributed by atoms with Gasteiger partial charge in [-0.15, -0.1) is 0 Å². The number of carbonyl (C=O) groups is 1. The maximum Gasteiger partial charge on any atom is 0.323 e. The van der Waals surface area contributed by atoms with Gasteiger partial charge in [-0.05, 0) is 68.2 Å². The molecule has 0 spiro atoms. The molecule has 0 aliphatic heterocycles. The molecule has 1 heterocycles. The van der Waals surface area contributed by atoms with Gasteiger partial charge in [0.2, 0.25) is 5.62 Å². The molecule has 0 aliphatic carbocycles. The highest BCUT2D eigenvalue weighted by molar-refractivity contribution is 8.68. The second kappa shape index (κ2) is 9.34. The van der Waals surface area contributed by atoms with Crippen LogP contribution in [0.2, 0.25) is 0 Å². The van der Waals surface area contributed by atoms with Gasteiger partial charge in [-0.25, -0.2) is 10.1 Å². The fraction of sp³-hybridized carbons (Fsp3) is 0.294. The summed E-state index contributed by atoms with van der Waals surface area (Å²) < 4.78 is 11.3. The number of nitrogens with zero attached hydrogens (tertiary/aromatic N) is 1. The molecule has 2 aromatic rings. The topological polar surface area (TPSA) is 60.5 Å². The molecule has 0 fully saturated rings. The lowest BCUT2D eigenvalue weighted by atomic mass is 10.3. The molecule has 0 radical (unpaired) electrons. The highest BCUT2D eigenvalue weighted by Crippen LogP contribution is 2.59. The lowest BCUT2D eigenvalue weighted by Crippen LogP contribution is -2.35. The van der Waals surface area contributed by atoms with Crippen molar-refractivity contribution in [2.45, 2.75) is 37.9 Å². The first-order chi connectivity index (χ1) is 11.9. The first-order valence-electron chi connectivity index (χ1n) is 7.81. The van der Waals surface area contributed by atoms with Crippen LogP contribution in [0.3, 0.4) is 0 Å². The van der Waals surface area contributed by atoms with Crippen LogP contribution in [0.5, 0.6) is 5.75 Å². The second-order valence-electron chi connectivity index (χ2n) is 5.50. The maximum atomic E-state index is 12.1. The number of aromatic nitrogens is 1. The Bertz CT molecular complexity index is 684. The molecule has 2 rings (SSSR count). The van der Waals surface area contributed by atoms with Crippen LogP contribution in [-0.4, -0.2) is 23.1 Å². The van der Waals surface area contributed by atoms with E-state index in [4.69, 9.17) is 21.1 Å². The Morgan fingerprint density at radius 2 is 1.84 bits per heavy atom. The minimum absolute atomic E-state index is 0.187. The summed E-state index contributed by atoms with van der Waals surface area (Å²) in [6, 6.07) is 14.3. The summed E-state index contributed by atoms with van der Waals surface area (Å²) in [6.07, 6.45) is 1.51. The first kappa shape index (κ1) is 19.9. The van der Waals surface area contributed by atoms with Gasteiger partial charge in [-0.2, -0.15) is 0 Å². The zero-order valence-electron chi connectivity index (χ0n) is 14.3. The molecule has 0 unspecified atom stereocenters. The molecule has 1 N–H and O–H groups in total. The van der Waals surface area contributed by atoms with E-state index < -0.39 is 11.7 Å². The fourth-order valence-electron chi connectivity index (χ4n) is 1.84. The minimum atomic E-state index is -2.68. The van der Waals surface area contributed by atoms with E-state index in [1.165, 1.54) is 11.4 Å². The Kier molecular flexibility index (Phi) is 7.44. The molecule has 8 heteroatoms. The van der Waals surface area contributed by atoms with Crippen molar-refractivity contribution in [2.24, 2.45) is 0 Å². The van der Waals surface area contributed by atoms with Crippen molar-refractivity contribution in [3.8, 4) is 5.75 Å². The van der Waals surface area contributed by atoms with Gasteiger partial charge in [-0.3, -0.25) is 4.79 Å². The molecule has 0 amide bonds. The van der Waals surface area contributed by atoms with Crippen LogP contribution in [0.1, 0.15) is 20.8 Å². The van der Waals surface area contributed by atoms with Crippen LogP contribution >= 0.6 is 17.0 Å². The largest absolute Gasteiger partial charge is 0.462 e. The highest BCUT2D eigenvalue weighted by atomic mass is 32.9. The van der Waals surface area contributed by atoms with E-state index in [-0.39, 0.29) is 12.1 Å². The van der Waals surface area contributed by atoms with E-state index in [1.807, 2.05) is 62.4 Å². The SMILES string of the molecule is CC(C)OC(=O)[C@H](C)N[P@@](=S)(Oc1ccccc1)Sc1ccccn1. The number of para-hydroxylation sites is 1. The van der Waals surface area contributed by atoms with Crippen LogP contribution in [0.4, 0.5) is 0 Å². The van der Waals surface area contributed by atoms with Crippen LogP contribution in [-0.2, 0) is 21.3 Å². The molecule has 5 nitrogen and oxygen atoms in total. The minimum Gasteiger partial charge on any atom is -0.462 e. The molecule has 0 saturated carbocycles. The summed E-state index contributed by atoms with van der Waals surface area (Å²) in [4.78, 5) is 16.4. The summed E-state index contributed by atoms with van der Waals surface area (Å²) in [5.41, 5.74) is -2.68. The maximum absolute atomic E-state index is 12.1. The zero-order chi connectivity index (χ0) is 18.3. The number of hydrogen-bond acceptors (Lipinski definition) is 6. The first-order valence-corrected chi connectivity index (χ1v) is 12.0. The van der Waals surface area contributed by atoms with Crippen molar-refractivity contribution in [1.29, 1.82) is 0 Å². The van der Waals surface area contributed by atoms with Crippen molar-refractivity contribution in [2.75, 3.05) is 0 Å². The Morgan fingerprint density at radius 3 is 2.44 bits per heavy atom. The van der Waals surface area contributed by atoms with E-state index in [0.29, 0.717) is 5.75 Å². The van der Waals surface area contributed by atoms with Gasteiger partial charge in [-0.1, -0.05) is 24.3 Å². The smallest absolute Gasteiger partial charge is 0.323 e. The number of pyridine rings is 1. The number of benzene rings is 1. The average Bonchev–Trinajstić information content (AvgIpc) is 2.55. The average molecular weight is 396 g/mol. The molecular weight excluding hydrogens is 375 g/mol. The van der Waals surface area contributed by atoms with Gasteiger partial charge in [0.05, 0.1) is 6.10 Å². The van der Waals surface area contributed by atoms with Crippen LogP contribution < -0.4 is 9.61 Å². The van der Waals surface area contributed by atoms with Gasteiger partial charge >= 0.3 is 5.97 Å². The number of hydrogen-bond donors (Lipinski definition) is 1. The number of esters is 1. The quantitative estimate of drug-likeness (QED) is 0.524. The Labute approximate surface area is 157 Å².